The zero-order valence-corrected chi connectivity index (χ0v) is 10.8. The minimum Gasteiger partial charge on any atom is -0.305 e. The lowest BCUT2D eigenvalue weighted by atomic mass is 10.1. The van der Waals surface area contributed by atoms with E-state index in [9.17, 15) is 0 Å². The van der Waals surface area contributed by atoms with Crippen molar-refractivity contribution in [1.29, 1.82) is 0 Å². The first kappa shape index (κ1) is 13.5. The Kier molecular flexibility index (Phi) is 6.52. The summed E-state index contributed by atoms with van der Waals surface area (Å²) >= 11 is 0. The summed E-state index contributed by atoms with van der Waals surface area (Å²) < 4.78 is 0. The van der Waals surface area contributed by atoms with Crippen molar-refractivity contribution in [3.63, 3.8) is 0 Å². The highest BCUT2D eigenvalue weighted by Gasteiger charge is 2.23. The lowest BCUT2D eigenvalue weighted by molar-refractivity contribution is 0.141. The van der Waals surface area contributed by atoms with Crippen molar-refractivity contribution in [2.24, 2.45) is 0 Å². The summed E-state index contributed by atoms with van der Waals surface area (Å²) in [6.07, 6.45) is 12.1. The molecule has 1 fully saturated rings. The molecule has 2 unspecified atom stereocenters. The number of hydrogen-bond acceptors (Lipinski definition) is 2. The predicted molar refractivity (Wildman–Crippen MR) is 70.4 cm³/mol. The summed E-state index contributed by atoms with van der Waals surface area (Å²) in [4.78, 5) is 2.68. The van der Waals surface area contributed by atoms with E-state index in [-0.39, 0.29) is 0 Å². The molecule has 2 atom stereocenters. The van der Waals surface area contributed by atoms with Gasteiger partial charge in [-0.25, -0.2) is 0 Å². The van der Waals surface area contributed by atoms with Crippen LogP contribution in [-0.4, -0.2) is 36.6 Å². The van der Waals surface area contributed by atoms with Crippen LogP contribution in [0.25, 0.3) is 0 Å². The highest BCUT2D eigenvalue weighted by atomic mass is 15.2. The average molecular weight is 222 g/mol. The first-order valence-corrected chi connectivity index (χ1v) is 6.69. The second-order valence-electron chi connectivity index (χ2n) is 4.83. The number of hydrogen-bond donors (Lipinski definition) is 1. The van der Waals surface area contributed by atoms with Crippen LogP contribution in [0.3, 0.4) is 0 Å². The van der Waals surface area contributed by atoms with Gasteiger partial charge in [0.05, 0.1) is 6.54 Å². The van der Waals surface area contributed by atoms with E-state index in [1.54, 1.807) is 0 Å². The molecule has 0 aliphatic carbocycles. The van der Waals surface area contributed by atoms with Crippen molar-refractivity contribution in [2.75, 3.05) is 19.6 Å². The van der Waals surface area contributed by atoms with Gasteiger partial charge in [0.15, 0.2) is 0 Å². The van der Waals surface area contributed by atoms with Gasteiger partial charge >= 0.3 is 0 Å². The smallest absolute Gasteiger partial charge is 0.0574 e. The second-order valence-corrected chi connectivity index (χ2v) is 4.83. The van der Waals surface area contributed by atoms with Crippen molar-refractivity contribution in [1.82, 2.24) is 10.2 Å². The van der Waals surface area contributed by atoms with E-state index in [0.717, 1.165) is 12.6 Å². The van der Waals surface area contributed by atoms with Crippen LogP contribution in [0.2, 0.25) is 0 Å². The number of rotatable bonds is 5. The van der Waals surface area contributed by atoms with E-state index in [2.05, 4.69) is 30.0 Å². The van der Waals surface area contributed by atoms with Crippen LogP contribution in [0.5, 0.6) is 0 Å². The quantitative estimate of drug-likeness (QED) is 0.567. The Bertz CT molecular complexity index is 219. The summed E-state index contributed by atoms with van der Waals surface area (Å²) in [5.41, 5.74) is 0. The Hall–Kier alpha value is -0.520. The number of nitrogens with one attached hydrogen (secondary N) is 1. The molecule has 0 spiro atoms. The molecule has 1 heterocycles. The standard InChI is InChI=1S/C14H26N2/c1-4-10-15-12-13(3)16-11-8-6-7-9-14(16)5-2/h1,13-15H,5-12H2,2-3H3. The maximum Gasteiger partial charge on any atom is 0.0574 e. The fraction of sp³-hybridized carbons (Fsp3) is 0.857. The Morgan fingerprint density at radius 2 is 2.25 bits per heavy atom. The molecule has 2 heteroatoms. The van der Waals surface area contributed by atoms with E-state index in [4.69, 9.17) is 6.42 Å². The third-order valence-electron chi connectivity index (χ3n) is 3.63. The van der Waals surface area contributed by atoms with Crippen molar-refractivity contribution in [3.8, 4) is 12.3 Å². The Balaban J connectivity index is 2.42. The van der Waals surface area contributed by atoms with E-state index in [0.29, 0.717) is 12.6 Å². The van der Waals surface area contributed by atoms with Crippen LogP contribution in [0.4, 0.5) is 0 Å². The van der Waals surface area contributed by atoms with Crippen LogP contribution < -0.4 is 5.32 Å². The second kappa shape index (κ2) is 7.70. The Morgan fingerprint density at radius 3 is 2.94 bits per heavy atom. The maximum absolute atomic E-state index is 5.25. The molecule has 0 amide bonds. The van der Waals surface area contributed by atoms with Crippen LogP contribution in [0.15, 0.2) is 0 Å². The molecule has 0 aromatic heterocycles. The summed E-state index contributed by atoms with van der Waals surface area (Å²) in [5.74, 6) is 2.63. The summed E-state index contributed by atoms with van der Waals surface area (Å²) in [6.45, 7) is 7.59. The summed E-state index contributed by atoms with van der Waals surface area (Å²) in [7, 11) is 0. The van der Waals surface area contributed by atoms with E-state index >= 15 is 0 Å². The maximum atomic E-state index is 5.25. The Morgan fingerprint density at radius 1 is 1.44 bits per heavy atom. The van der Waals surface area contributed by atoms with Crippen molar-refractivity contribution < 1.29 is 0 Å². The lowest BCUT2D eigenvalue weighted by Crippen LogP contribution is -2.46. The Labute approximate surface area is 101 Å². The largest absolute Gasteiger partial charge is 0.305 e. The molecule has 0 bridgehead atoms. The van der Waals surface area contributed by atoms with Gasteiger partial charge in [0.1, 0.15) is 0 Å². The minimum atomic E-state index is 0.608. The predicted octanol–water partition coefficient (Wildman–Crippen LogP) is 2.25. The highest BCUT2D eigenvalue weighted by Crippen LogP contribution is 2.21. The average Bonchev–Trinajstić information content (AvgIpc) is 2.54. The fourth-order valence-electron chi connectivity index (χ4n) is 2.69. The van der Waals surface area contributed by atoms with Gasteiger partial charge in [-0.1, -0.05) is 25.7 Å². The van der Waals surface area contributed by atoms with E-state index in [1.807, 2.05) is 0 Å². The van der Waals surface area contributed by atoms with E-state index < -0.39 is 0 Å². The number of terminal acetylenes is 1. The first-order chi connectivity index (χ1) is 7.79. The fourth-order valence-corrected chi connectivity index (χ4v) is 2.69. The molecule has 1 saturated heterocycles. The van der Waals surface area contributed by atoms with Crippen LogP contribution >= 0.6 is 0 Å². The molecule has 16 heavy (non-hydrogen) atoms. The molecule has 1 aliphatic rings. The van der Waals surface area contributed by atoms with Gasteiger partial charge < -0.3 is 5.32 Å². The molecular formula is C14H26N2. The molecular weight excluding hydrogens is 196 g/mol. The summed E-state index contributed by atoms with van der Waals surface area (Å²) in [5, 5.41) is 3.32. The van der Waals surface area contributed by atoms with Crippen LogP contribution in [-0.2, 0) is 0 Å². The minimum absolute atomic E-state index is 0.608. The lowest BCUT2D eigenvalue weighted by Gasteiger charge is -2.34. The zero-order chi connectivity index (χ0) is 11.8. The molecule has 1 aliphatic heterocycles. The molecule has 0 aromatic carbocycles. The van der Waals surface area contributed by atoms with Gasteiger partial charge in [0.25, 0.3) is 0 Å². The van der Waals surface area contributed by atoms with Gasteiger partial charge in [-0.05, 0) is 32.7 Å². The van der Waals surface area contributed by atoms with Crippen LogP contribution in [0, 0.1) is 12.3 Å². The van der Waals surface area contributed by atoms with Gasteiger partial charge in [0.2, 0.25) is 0 Å². The molecule has 0 radical (unpaired) electrons. The molecule has 1 N–H and O–H groups in total. The van der Waals surface area contributed by atoms with Gasteiger partial charge in [-0.3, -0.25) is 4.90 Å². The van der Waals surface area contributed by atoms with Gasteiger partial charge in [-0.15, -0.1) is 6.42 Å². The molecule has 92 valence electrons. The monoisotopic (exact) mass is 222 g/mol. The normalized spacial score (nSPS) is 24.7. The van der Waals surface area contributed by atoms with Crippen LogP contribution in [0.1, 0.15) is 46.0 Å². The van der Waals surface area contributed by atoms with Gasteiger partial charge in [-0.2, -0.15) is 0 Å². The third-order valence-corrected chi connectivity index (χ3v) is 3.63. The van der Waals surface area contributed by atoms with Crippen molar-refractivity contribution in [3.05, 3.63) is 0 Å². The zero-order valence-electron chi connectivity index (χ0n) is 10.8. The summed E-state index contributed by atoms with van der Waals surface area (Å²) in [6, 6.07) is 1.39. The number of nitrogens with zero attached hydrogens (tertiary/aromatic N) is 1. The molecule has 0 saturated carbocycles. The number of likely N-dealkylation sites (tertiary alicyclic amines) is 1. The van der Waals surface area contributed by atoms with Gasteiger partial charge in [0, 0.05) is 18.6 Å². The molecule has 2 nitrogen and oxygen atoms in total. The molecule has 0 aromatic rings. The highest BCUT2D eigenvalue weighted by molar-refractivity contribution is 4.88. The molecule has 1 rings (SSSR count). The van der Waals surface area contributed by atoms with Crippen molar-refractivity contribution >= 4 is 0 Å². The van der Waals surface area contributed by atoms with Crippen molar-refractivity contribution in [2.45, 2.75) is 58.0 Å². The SMILES string of the molecule is C#CCNCC(C)N1CCCCCC1CC. The third kappa shape index (κ3) is 4.15. The topological polar surface area (TPSA) is 15.3 Å². The van der Waals surface area contributed by atoms with E-state index in [1.165, 1.54) is 38.6 Å². The first-order valence-electron chi connectivity index (χ1n) is 6.69.